The van der Waals surface area contributed by atoms with Crippen LogP contribution in [0.4, 0.5) is 5.82 Å². The van der Waals surface area contributed by atoms with Crippen molar-refractivity contribution in [3.05, 3.63) is 11.5 Å². The predicted molar refractivity (Wildman–Crippen MR) is 54.6 cm³/mol. The van der Waals surface area contributed by atoms with Crippen molar-refractivity contribution < 1.29 is 4.74 Å². The molecule has 14 heavy (non-hydrogen) atoms. The van der Waals surface area contributed by atoms with Crippen molar-refractivity contribution in [1.29, 1.82) is 0 Å². The molecule has 1 aromatic heterocycles. The number of aromatic nitrogens is 3. The van der Waals surface area contributed by atoms with Gasteiger partial charge >= 0.3 is 0 Å². The maximum atomic E-state index is 5.63. The van der Waals surface area contributed by atoms with Gasteiger partial charge in [-0.3, -0.25) is 0 Å². The van der Waals surface area contributed by atoms with Gasteiger partial charge in [-0.15, -0.1) is 5.10 Å². The first-order valence-corrected chi connectivity index (χ1v) is 4.60. The van der Waals surface area contributed by atoms with Crippen LogP contribution in [0.25, 0.3) is 0 Å². The Labute approximate surface area is 88.1 Å². The summed E-state index contributed by atoms with van der Waals surface area (Å²) in [7, 11) is 3.57. The number of rotatable bonds is 4. The van der Waals surface area contributed by atoms with Gasteiger partial charge in [-0.2, -0.15) is 10.1 Å². The second kappa shape index (κ2) is 5.07. The molecule has 0 bridgehead atoms. The summed E-state index contributed by atoms with van der Waals surface area (Å²) in [6.45, 7) is 2.65. The molecule has 0 radical (unpaired) electrons. The van der Waals surface area contributed by atoms with E-state index in [1.54, 1.807) is 13.3 Å². The fraction of sp³-hybridized carbons (Fsp3) is 0.625. The highest BCUT2D eigenvalue weighted by Gasteiger charge is 2.11. The molecular formula is C8H13ClN4O. The first kappa shape index (κ1) is 11.1. The highest BCUT2D eigenvalue weighted by molar-refractivity contribution is 6.28. The Morgan fingerprint density at radius 1 is 1.64 bits per heavy atom. The molecular weight excluding hydrogens is 204 g/mol. The third-order valence-corrected chi connectivity index (χ3v) is 2.11. The number of hydrogen-bond donors (Lipinski definition) is 0. The van der Waals surface area contributed by atoms with Gasteiger partial charge in [-0.1, -0.05) is 0 Å². The van der Waals surface area contributed by atoms with Crippen LogP contribution < -0.4 is 4.90 Å². The van der Waals surface area contributed by atoms with Crippen LogP contribution in [-0.4, -0.2) is 42.0 Å². The largest absolute Gasteiger partial charge is 0.383 e. The lowest BCUT2D eigenvalue weighted by molar-refractivity contribution is 0.183. The highest BCUT2D eigenvalue weighted by atomic mass is 35.5. The Balaban J connectivity index is 2.73. The summed E-state index contributed by atoms with van der Waals surface area (Å²) in [6.07, 6.45) is 1.57. The summed E-state index contributed by atoms with van der Waals surface area (Å²) in [4.78, 5) is 5.97. The summed E-state index contributed by atoms with van der Waals surface area (Å²) in [5.74, 6) is 0.689. The van der Waals surface area contributed by atoms with E-state index in [9.17, 15) is 0 Å². The van der Waals surface area contributed by atoms with Gasteiger partial charge in [-0.05, 0) is 18.5 Å². The van der Waals surface area contributed by atoms with Crippen molar-refractivity contribution in [2.75, 3.05) is 25.7 Å². The Kier molecular flexibility index (Phi) is 4.03. The monoisotopic (exact) mass is 216 g/mol. The number of nitrogens with zero attached hydrogens (tertiary/aromatic N) is 4. The topological polar surface area (TPSA) is 51.1 Å². The van der Waals surface area contributed by atoms with Crippen LogP contribution in [0.3, 0.4) is 0 Å². The quantitative estimate of drug-likeness (QED) is 0.752. The molecule has 0 aliphatic rings. The van der Waals surface area contributed by atoms with Crippen molar-refractivity contribution >= 4 is 17.4 Å². The number of halogens is 1. The molecule has 0 aromatic carbocycles. The van der Waals surface area contributed by atoms with Gasteiger partial charge < -0.3 is 9.64 Å². The number of anilines is 1. The molecule has 1 aromatic rings. The van der Waals surface area contributed by atoms with E-state index in [4.69, 9.17) is 16.3 Å². The maximum Gasteiger partial charge on any atom is 0.244 e. The Bertz CT molecular complexity index is 296. The summed E-state index contributed by atoms with van der Waals surface area (Å²) in [5.41, 5.74) is 0. The lowest BCUT2D eigenvalue weighted by atomic mass is 10.3. The molecule has 0 aliphatic carbocycles. The highest BCUT2D eigenvalue weighted by Crippen LogP contribution is 2.11. The SMILES string of the molecule is COCC(C)N(C)c1cnnc(Cl)n1. The maximum absolute atomic E-state index is 5.63. The summed E-state index contributed by atoms with van der Waals surface area (Å²) >= 11 is 5.63. The van der Waals surface area contributed by atoms with Gasteiger partial charge in [0.2, 0.25) is 5.28 Å². The van der Waals surface area contributed by atoms with Crippen molar-refractivity contribution in [1.82, 2.24) is 15.2 Å². The standard InChI is InChI=1S/C8H13ClN4O/c1-6(5-14-3)13(2)7-4-10-12-8(9)11-7/h4,6H,5H2,1-3H3. The van der Waals surface area contributed by atoms with Crippen LogP contribution in [0.1, 0.15) is 6.92 Å². The van der Waals surface area contributed by atoms with E-state index in [-0.39, 0.29) is 11.3 Å². The molecule has 1 heterocycles. The third-order valence-electron chi connectivity index (χ3n) is 1.95. The minimum atomic E-state index is 0.152. The van der Waals surface area contributed by atoms with Crippen LogP contribution in [0, 0.1) is 0 Å². The Morgan fingerprint density at radius 2 is 2.36 bits per heavy atom. The second-order valence-electron chi connectivity index (χ2n) is 3.00. The van der Waals surface area contributed by atoms with Crippen LogP contribution in [-0.2, 0) is 4.74 Å². The van der Waals surface area contributed by atoms with Crippen LogP contribution >= 0.6 is 11.6 Å². The zero-order chi connectivity index (χ0) is 10.6. The van der Waals surface area contributed by atoms with Gasteiger partial charge in [0.1, 0.15) is 0 Å². The lowest BCUT2D eigenvalue weighted by Crippen LogP contribution is -2.33. The van der Waals surface area contributed by atoms with Crippen LogP contribution in [0.15, 0.2) is 6.20 Å². The first-order valence-electron chi connectivity index (χ1n) is 4.22. The van der Waals surface area contributed by atoms with Gasteiger partial charge in [0.15, 0.2) is 5.82 Å². The predicted octanol–water partition coefficient (Wildman–Crippen LogP) is 0.996. The minimum Gasteiger partial charge on any atom is -0.383 e. The molecule has 1 unspecified atom stereocenters. The van der Waals surface area contributed by atoms with E-state index in [2.05, 4.69) is 15.2 Å². The molecule has 0 saturated carbocycles. The molecule has 78 valence electrons. The van der Waals surface area contributed by atoms with Gasteiger partial charge in [0.05, 0.1) is 18.8 Å². The lowest BCUT2D eigenvalue weighted by Gasteiger charge is -2.24. The average Bonchev–Trinajstić information content (AvgIpc) is 2.17. The molecule has 1 rings (SSSR count). The molecule has 6 heteroatoms. The molecule has 0 saturated heterocycles. The Hall–Kier alpha value is -0.940. The van der Waals surface area contributed by atoms with E-state index < -0.39 is 0 Å². The van der Waals surface area contributed by atoms with E-state index in [1.807, 2.05) is 18.9 Å². The summed E-state index contributed by atoms with van der Waals surface area (Å²) in [6, 6.07) is 0.216. The second-order valence-corrected chi connectivity index (χ2v) is 3.34. The first-order chi connectivity index (χ1) is 6.65. The fourth-order valence-corrected chi connectivity index (χ4v) is 1.15. The molecule has 0 aliphatic heterocycles. The van der Waals surface area contributed by atoms with Crippen molar-refractivity contribution in [3.63, 3.8) is 0 Å². The zero-order valence-electron chi connectivity index (χ0n) is 8.44. The molecule has 0 fully saturated rings. The van der Waals surface area contributed by atoms with E-state index >= 15 is 0 Å². The minimum absolute atomic E-state index is 0.152. The normalized spacial score (nSPS) is 12.6. The van der Waals surface area contributed by atoms with E-state index in [1.165, 1.54) is 0 Å². The number of likely N-dealkylation sites (N-methyl/N-ethyl adjacent to an activating group) is 1. The average molecular weight is 217 g/mol. The van der Waals surface area contributed by atoms with Crippen molar-refractivity contribution in [2.24, 2.45) is 0 Å². The zero-order valence-corrected chi connectivity index (χ0v) is 9.19. The van der Waals surface area contributed by atoms with Crippen molar-refractivity contribution in [2.45, 2.75) is 13.0 Å². The smallest absolute Gasteiger partial charge is 0.244 e. The van der Waals surface area contributed by atoms with Crippen LogP contribution in [0.2, 0.25) is 5.28 Å². The molecule has 0 amide bonds. The van der Waals surface area contributed by atoms with Gasteiger partial charge in [-0.25, -0.2) is 0 Å². The molecule has 1 atom stereocenters. The van der Waals surface area contributed by atoms with E-state index in [0.29, 0.717) is 12.4 Å². The molecule has 5 nitrogen and oxygen atoms in total. The van der Waals surface area contributed by atoms with Gasteiger partial charge in [0, 0.05) is 14.2 Å². The molecule has 0 spiro atoms. The van der Waals surface area contributed by atoms with Gasteiger partial charge in [0.25, 0.3) is 0 Å². The fourth-order valence-electron chi connectivity index (χ4n) is 1.02. The number of hydrogen-bond acceptors (Lipinski definition) is 5. The molecule has 0 N–H and O–H groups in total. The summed E-state index contributed by atoms with van der Waals surface area (Å²) in [5, 5.41) is 7.45. The Morgan fingerprint density at radius 3 is 2.93 bits per heavy atom. The van der Waals surface area contributed by atoms with Crippen molar-refractivity contribution in [3.8, 4) is 0 Å². The number of methoxy groups -OCH3 is 1. The summed E-state index contributed by atoms with van der Waals surface area (Å²) < 4.78 is 5.04. The van der Waals surface area contributed by atoms with Crippen LogP contribution in [0.5, 0.6) is 0 Å². The van der Waals surface area contributed by atoms with E-state index in [0.717, 1.165) is 0 Å². The number of ether oxygens (including phenoxy) is 1. The third kappa shape index (κ3) is 2.78.